The van der Waals surface area contributed by atoms with Crippen molar-refractivity contribution in [2.75, 3.05) is 39.5 Å². The summed E-state index contributed by atoms with van der Waals surface area (Å²) >= 11 is -2.26. The van der Waals surface area contributed by atoms with Crippen LogP contribution in [0.25, 0.3) is 0 Å². The Hall–Kier alpha value is -0.597. The number of rotatable bonds is 4. The zero-order valence-electron chi connectivity index (χ0n) is 13.3. The van der Waals surface area contributed by atoms with Crippen molar-refractivity contribution in [2.45, 2.75) is 25.9 Å². The molecule has 6 heteroatoms. The van der Waals surface area contributed by atoms with E-state index in [4.69, 9.17) is 16.0 Å². The van der Waals surface area contributed by atoms with E-state index in [1.54, 1.807) is 0 Å². The average Bonchev–Trinajstić information content (AvgIpc) is 2.44. The van der Waals surface area contributed by atoms with Crippen molar-refractivity contribution in [2.24, 2.45) is 0 Å². The van der Waals surface area contributed by atoms with Gasteiger partial charge in [0.1, 0.15) is 0 Å². The van der Waals surface area contributed by atoms with Gasteiger partial charge in [0.25, 0.3) is 0 Å². The van der Waals surface area contributed by atoms with E-state index in [0.29, 0.717) is 12.5 Å². The fourth-order valence-corrected chi connectivity index (χ4v) is 5.02. The summed E-state index contributed by atoms with van der Waals surface area (Å²) in [7, 11) is 0. The SMILES string of the molecule is CC(C)c1ccc(OCC2CN3CC[O][Ge]([O]CC3)[O]2)cc1. The first kappa shape index (κ1) is 16.3. The summed E-state index contributed by atoms with van der Waals surface area (Å²) in [6.45, 7) is 9.19. The van der Waals surface area contributed by atoms with Crippen LogP contribution in [0.15, 0.2) is 24.3 Å². The molecule has 2 bridgehead atoms. The predicted octanol–water partition coefficient (Wildman–Crippen LogP) is 1.92. The van der Waals surface area contributed by atoms with Crippen molar-refractivity contribution >= 4 is 15.4 Å². The van der Waals surface area contributed by atoms with Crippen LogP contribution in [0, 0.1) is 0 Å². The van der Waals surface area contributed by atoms with Crippen LogP contribution >= 0.6 is 0 Å². The molecule has 121 valence electrons. The van der Waals surface area contributed by atoms with Gasteiger partial charge >= 0.3 is 137 Å². The monoisotopic (exact) mass is 368 g/mol. The van der Waals surface area contributed by atoms with Crippen LogP contribution < -0.4 is 4.74 Å². The van der Waals surface area contributed by atoms with E-state index < -0.39 is 15.4 Å². The molecule has 0 aromatic heterocycles. The summed E-state index contributed by atoms with van der Waals surface area (Å²) < 4.78 is 23.3. The zero-order valence-corrected chi connectivity index (χ0v) is 15.4. The first-order valence-corrected chi connectivity index (χ1v) is 10.5. The fourth-order valence-electron chi connectivity index (χ4n) is 2.61. The maximum atomic E-state index is 6.00. The molecule has 4 rings (SSSR count). The third-order valence-electron chi connectivity index (χ3n) is 3.96. The molecular weight excluding hydrogens is 343 g/mol. The molecule has 1 unspecified atom stereocenters. The van der Waals surface area contributed by atoms with E-state index in [1.165, 1.54) is 5.56 Å². The van der Waals surface area contributed by atoms with Gasteiger partial charge in [0.2, 0.25) is 0 Å². The van der Waals surface area contributed by atoms with Gasteiger partial charge in [-0.25, -0.2) is 0 Å². The minimum absolute atomic E-state index is 0.0281. The summed E-state index contributed by atoms with van der Waals surface area (Å²) in [5.74, 6) is 1.43. The molecule has 1 radical (unpaired) electrons. The number of nitrogens with zero attached hydrogens (tertiary/aromatic N) is 1. The van der Waals surface area contributed by atoms with Crippen molar-refractivity contribution in [1.82, 2.24) is 4.90 Å². The van der Waals surface area contributed by atoms with Crippen LogP contribution in [0.3, 0.4) is 0 Å². The zero-order chi connectivity index (χ0) is 15.4. The molecule has 0 amide bonds. The van der Waals surface area contributed by atoms with Crippen molar-refractivity contribution in [1.29, 1.82) is 0 Å². The number of ether oxygens (including phenoxy) is 1. The van der Waals surface area contributed by atoms with E-state index in [1.807, 2.05) is 12.1 Å². The van der Waals surface area contributed by atoms with E-state index in [0.717, 1.165) is 38.6 Å². The molecule has 0 aliphatic carbocycles. The molecular formula is C16H24GeNO4. The van der Waals surface area contributed by atoms with Crippen LogP contribution in [0.1, 0.15) is 25.3 Å². The van der Waals surface area contributed by atoms with Gasteiger partial charge in [0, 0.05) is 0 Å². The Morgan fingerprint density at radius 3 is 2.50 bits per heavy atom. The maximum absolute atomic E-state index is 6.00. The van der Waals surface area contributed by atoms with Crippen molar-refractivity contribution in [3.05, 3.63) is 29.8 Å². The second-order valence-corrected chi connectivity index (χ2v) is 8.78. The molecule has 22 heavy (non-hydrogen) atoms. The van der Waals surface area contributed by atoms with Crippen LogP contribution in [0.2, 0.25) is 0 Å². The van der Waals surface area contributed by atoms with Gasteiger partial charge in [-0.15, -0.1) is 0 Å². The molecule has 1 atom stereocenters. The quantitative estimate of drug-likeness (QED) is 0.761. The van der Waals surface area contributed by atoms with Crippen molar-refractivity contribution in [3.8, 4) is 5.75 Å². The molecule has 3 aliphatic rings. The summed E-state index contributed by atoms with van der Waals surface area (Å²) in [5.41, 5.74) is 1.32. The molecule has 3 saturated heterocycles. The normalized spacial score (nSPS) is 26.5. The van der Waals surface area contributed by atoms with Gasteiger partial charge in [-0.3, -0.25) is 0 Å². The van der Waals surface area contributed by atoms with Crippen molar-refractivity contribution < 1.29 is 16.0 Å². The Kier molecular flexibility index (Phi) is 5.76. The van der Waals surface area contributed by atoms with Crippen LogP contribution in [0.5, 0.6) is 5.75 Å². The Labute approximate surface area is 137 Å². The van der Waals surface area contributed by atoms with Gasteiger partial charge in [-0.05, 0) is 0 Å². The third-order valence-corrected chi connectivity index (χ3v) is 6.91. The summed E-state index contributed by atoms with van der Waals surface area (Å²) in [6.07, 6.45) is 0.0281. The minimum atomic E-state index is -2.26. The van der Waals surface area contributed by atoms with Gasteiger partial charge in [0.15, 0.2) is 0 Å². The molecule has 1 aromatic carbocycles. The van der Waals surface area contributed by atoms with Crippen LogP contribution in [-0.4, -0.2) is 65.8 Å². The van der Waals surface area contributed by atoms with E-state index in [-0.39, 0.29) is 6.10 Å². The fraction of sp³-hybridized carbons (Fsp3) is 0.625. The molecule has 0 N–H and O–H groups in total. The Morgan fingerprint density at radius 1 is 1.18 bits per heavy atom. The predicted molar refractivity (Wildman–Crippen MR) is 85.0 cm³/mol. The second kappa shape index (κ2) is 7.79. The van der Waals surface area contributed by atoms with E-state index >= 15 is 0 Å². The number of benzene rings is 1. The first-order valence-electron chi connectivity index (χ1n) is 7.95. The Balaban J connectivity index is 1.55. The molecule has 3 aliphatic heterocycles. The third kappa shape index (κ3) is 4.46. The molecule has 0 spiro atoms. The van der Waals surface area contributed by atoms with Gasteiger partial charge in [-0.1, -0.05) is 0 Å². The average molecular weight is 367 g/mol. The molecule has 1 aromatic rings. The first-order chi connectivity index (χ1) is 10.7. The standard InChI is InChI=1S/C16H24GeNO4/c1-13(2)14-3-5-15(6-4-14)19-12-16-11-18-7-9-20-17(22-16)21-10-8-18/h3-6,13,16H,7-12H2,1-2H3. The van der Waals surface area contributed by atoms with Gasteiger partial charge < -0.3 is 0 Å². The number of hydrogen-bond donors (Lipinski definition) is 0. The summed E-state index contributed by atoms with van der Waals surface area (Å²) in [6, 6.07) is 8.32. The molecule has 3 fully saturated rings. The molecule has 5 nitrogen and oxygen atoms in total. The van der Waals surface area contributed by atoms with Gasteiger partial charge in [0.05, 0.1) is 0 Å². The van der Waals surface area contributed by atoms with Crippen LogP contribution in [0.4, 0.5) is 0 Å². The van der Waals surface area contributed by atoms with E-state index in [9.17, 15) is 0 Å². The van der Waals surface area contributed by atoms with E-state index in [2.05, 4.69) is 30.9 Å². The topological polar surface area (TPSA) is 40.2 Å². The molecule has 0 saturated carbocycles. The summed E-state index contributed by atoms with van der Waals surface area (Å²) in [5, 5.41) is 0. The number of fused-ring (bicyclic) bond motifs is 6. The molecule has 3 heterocycles. The Morgan fingerprint density at radius 2 is 1.86 bits per heavy atom. The van der Waals surface area contributed by atoms with Gasteiger partial charge in [-0.2, -0.15) is 0 Å². The van der Waals surface area contributed by atoms with Crippen LogP contribution in [-0.2, 0) is 11.3 Å². The van der Waals surface area contributed by atoms with Crippen molar-refractivity contribution in [3.63, 3.8) is 0 Å². The summed E-state index contributed by atoms with van der Waals surface area (Å²) in [4.78, 5) is 2.32. The Bertz CT molecular complexity index is 444. The number of hydrogen-bond acceptors (Lipinski definition) is 5. The second-order valence-electron chi connectivity index (χ2n) is 6.02.